The molecule has 2 amide bonds. The third-order valence-corrected chi connectivity index (χ3v) is 6.25. The fourth-order valence-electron chi connectivity index (χ4n) is 4.18. The van der Waals surface area contributed by atoms with E-state index < -0.39 is 0 Å². The van der Waals surface area contributed by atoms with Crippen LogP contribution in [-0.2, 0) is 24.5 Å². The first-order valence-corrected chi connectivity index (χ1v) is 12.5. The van der Waals surface area contributed by atoms with Crippen LogP contribution in [0.25, 0.3) is 5.69 Å². The van der Waals surface area contributed by atoms with Gasteiger partial charge in [0.05, 0.1) is 23.9 Å². The highest BCUT2D eigenvalue weighted by molar-refractivity contribution is 5.90. The van der Waals surface area contributed by atoms with Crippen molar-refractivity contribution in [3.05, 3.63) is 41.6 Å². The lowest BCUT2D eigenvalue weighted by atomic mass is 9.92. The van der Waals surface area contributed by atoms with E-state index >= 15 is 0 Å². The summed E-state index contributed by atoms with van der Waals surface area (Å²) in [5.74, 6) is 0.211. The average molecular weight is 483 g/mol. The van der Waals surface area contributed by atoms with Crippen molar-refractivity contribution in [2.45, 2.75) is 72.1 Å². The van der Waals surface area contributed by atoms with Gasteiger partial charge in [0, 0.05) is 37.4 Å². The molecule has 1 aromatic heterocycles. The number of nitrogens with one attached hydrogen (secondary N) is 1. The molecule has 8 heteroatoms. The van der Waals surface area contributed by atoms with Gasteiger partial charge in [-0.3, -0.25) is 14.4 Å². The number of aromatic nitrogens is 2. The maximum absolute atomic E-state index is 12.7. The fourth-order valence-corrected chi connectivity index (χ4v) is 4.18. The monoisotopic (exact) mass is 482 g/mol. The van der Waals surface area contributed by atoms with Gasteiger partial charge in [0.1, 0.15) is 5.82 Å². The molecule has 1 saturated heterocycles. The van der Waals surface area contributed by atoms with Gasteiger partial charge >= 0.3 is 5.97 Å². The number of likely N-dealkylation sites (tertiary alicyclic amines) is 1. The third kappa shape index (κ3) is 7.16. The van der Waals surface area contributed by atoms with Crippen molar-refractivity contribution in [2.75, 3.05) is 25.0 Å². The second-order valence-electron chi connectivity index (χ2n) is 10.2. The molecule has 1 aromatic carbocycles. The van der Waals surface area contributed by atoms with Crippen LogP contribution in [0.2, 0.25) is 0 Å². The first-order chi connectivity index (χ1) is 16.6. The number of amides is 2. The molecule has 35 heavy (non-hydrogen) atoms. The molecule has 2 aromatic rings. The second-order valence-corrected chi connectivity index (χ2v) is 10.2. The zero-order valence-electron chi connectivity index (χ0n) is 21.6. The van der Waals surface area contributed by atoms with E-state index in [1.54, 1.807) is 16.5 Å². The SMILES string of the molecule is CCOC(=O)C1CCN(C(=O)CCCC(=O)Nc2cc(C(C)(C)C)nn2-c2cccc(C)c2)CC1. The Balaban J connectivity index is 1.54. The first-order valence-electron chi connectivity index (χ1n) is 12.5. The molecular formula is C27H38N4O4. The van der Waals surface area contributed by atoms with Gasteiger partial charge in [-0.1, -0.05) is 32.9 Å². The Hall–Kier alpha value is -3.16. The number of carbonyl (C=O) groups is 3. The first kappa shape index (κ1) is 26.4. The van der Waals surface area contributed by atoms with Gasteiger partial charge in [-0.25, -0.2) is 4.68 Å². The smallest absolute Gasteiger partial charge is 0.309 e. The molecule has 8 nitrogen and oxygen atoms in total. The lowest BCUT2D eigenvalue weighted by Crippen LogP contribution is -2.40. The summed E-state index contributed by atoms with van der Waals surface area (Å²) in [4.78, 5) is 39.0. The number of ether oxygens (including phenoxy) is 1. The molecule has 1 aliphatic heterocycles. The lowest BCUT2D eigenvalue weighted by molar-refractivity contribution is -0.151. The van der Waals surface area contributed by atoms with E-state index in [9.17, 15) is 14.4 Å². The quantitative estimate of drug-likeness (QED) is 0.563. The van der Waals surface area contributed by atoms with Crippen molar-refractivity contribution in [2.24, 2.45) is 5.92 Å². The Labute approximate surface area is 208 Å². The molecule has 2 heterocycles. The number of piperidine rings is 1. The van der Waals surface area contributed by atoms with Crippen molar-refractivity contribution in [3.63, 3.8) is 0 Å². The van der Waals surface area contributed by atoms with Crippen LogP contribution in [0.4, 0.5) is 5.82 Å². The molecule has 0 unspecified atom stereocenters. The average Bonchev–Trinajstić information content (AvgIpc) is 3.23. The Morgan fingerprint density at radius 3 is 2.46 bits per heavy atom. The standard InChI is InChI=1S/C27H38N4O4/c1-6-35-26(34)20-13-15-30(16-14-20)25(33)12-8-11-24(32)28-23-18-22(27(3,4)5)29-31(23)21-10-7-9-19(2)17-21/h7,9-10,17-18,20H,6,8,11-16H2,1-5H3,(H,28,32). The van der Waals surface area contributed by atoms with E-state index in [4.69, 9.17) is 9.84 Å². The van der Waals surface area contributed by atoms with Gasteiger partial charge in [-0.05, 0) is 50.8 Å². The maximum Gasteiger partial charge on any atom is 0.309 e. The lowest BCUT2D eigenvalue weighted by Gasteiger charge is -2.31. The van der Waals surface area contributed by atoms with Crippen molar-refractivity contribution in [1.82, 2.24) is 14.7 Å². The Morgan fingerprint density at radius 2 is 1.83 bits per heavy atom. The Kier molecular flexibility index (Phi) is 8.70. The van der Waals surface area contributed by atoms with Crippen LogP contribution in [0.5, 0.6) is 0 Å². The number of esters is 1. The minimum atomic E-state index is -0.171. The van der Waals surface area contributed by atoms with Crippen LogP contribution in [0.15, 0.2) is 30.3 Å². The number of benzene rings is 1. The summed E-state index contributed by atoms with van der Waals surface area (Å²) in [5.41, 5.74) is 2.71. The van der Waals surface area contributed by atoms with Crippen LogP contribution < -0.4 is 5.32 Å². The number of anilines is 1. The van der Waals surface area contributed by atoms with Crippen molar-refractivity contribution < 1.29 is 19.1 Å². The number of hydrogen-bond acceptors (Lipinski definition) is 5. The molecule has 0 aliphatic carbocycles. The topological polar surface area (TPSA) is 93.5 Å². The fraction of sp³-hybridized carbons (Fsp3) is 0.556. The number of hydrogen-bond donors (Lipinski definition) is 1. The predicted octanol–water partition coefficient (Wildman–Crippen LogP) is 4.39. The molecule has 0 radical (unpaired) electrons. The number of rotatable bonds is 8. The molecule has 0 atom stereocenters. The van der Waals surface area contributed by atoms with Crippen LogP contribution in [0.3, 0.4) is 0 Å². The molecule has 1 N–H and O–H groups in total. The molecule has 3 rings (SSSR count). The molecule has 0 bridgehead atoms. The number of aryl methyl sites for hydroxylation is 1. The van der Waals surface area contributed by atoms with E-state index in [1.165, 1.54) is 0 Å². The van der Waals surface area contributed by atoms with Crippen LogP contribution in [-0.4, -0.2) is 52.2 Å². The third-order valence-electron chi connectivity index (χ3n) is 6.25. The van der Waals surface area contributed by atoms with E-state index in [2.05, 4.69) is 26.1 Å². The van der Waals surface area contributed by atoms with E-state index in [0.717, 1.165) is 16.9 Å². The van der Waals surface area contributed by atoms with Crippen molar-refractivity contribution in [3.8, 4) is 5.69 Å². The van der Waals surface area contributed by atoms with Gasteiger partial charge < -0.3 is 15.0 Å². The largest absolute Gasteiger partial charge is 0.466 e. The van der Waals surface area contributed by atoms with Crippen molar-refractivity contribution in [1.29, 1.82) is 0 Å². The van der Waals surface area contributed by atoms with E-state index in [1.807, 2.05) is 37.3 Å². The summed E-state index contributed by atoms with van der Waals surface area (Å²) in [6, 6.07) is 9.89. The Morgan fingerprint density at radius 1 is 1.11 bits per heavy atom. The van der Waals surface area contributed by atoms with Crippen LogP contribution in [0, 0.1) is 12.8 Å². The van der Waals surface area contributed by atoms with Crippen molar-refractivity contribution >= 4 is 23.6 Å². The number of nitrogens with zero attached hydrogens (tertiary/aromatic N) is 3. The van der Waals surface area contributed by atoms with Gasteiger partial charge in [0.15, 0.2) is 0 Å². The highest BCUT2D eigenvalue weighted by atomic mass is 16.5. The van der Waals surface area contributed by atoms with Gasteiger partial charge in [0.25, 0.3) is 0 Å². The number of carbonyl (C=O) groups excluding carboxylic acids is 3. The predicted molar refractivity (Wildman–Crippen MR) is 135 cm³/mol. The van der Waals surface area contributed by atoms with Crippen LogP contribution in [0.1, 0.15) is 71.1 Å². The van der Waals surface area contributed by atoms with E-state index in [0.29, 0.717) is 51.2 Å². The zero-order chi connectivity index (χ0) is 25.6. The van der Waals surface area contributed by atoms with Gasteiger partial charge in [-0.2, -0.15) is 5.10 Å². The Bertz CT molecular complexity index is 1050. The molecule has 190 valence electrons. The normalized spacial score (nSPS) is 14.6. The summed E-state index contributed by atoms with van der Waals surface area (Å²) in [5, 5.41) is 7.74. The zero-order valence-corrected chi connectivity index (χ0v) is 21.6. The molecule has 1 fully saturated rings. The van der Waals surface area contributed by atoms with Crippen LogP contribution >= 0.6 is 0 Å². The highest BCUT2D eigenvalue weighted by Crippen LogP contribution is 2.27. The second kappa shape index (κ2) is 11.5. The summed E-state index contributed by atoms with van der Waals surface area (Å²) >= 11 is 0. The minimum absolute atomic E-state index is 0.0277. The molecule has 1 aliphatic rings. The van der Waals surface area contributed by atoms with Gasteiger partial charge in [-0.15, -0.1) is 0 Å². The molecule has 0 spiro atoms. The van der Waals surface area contributed by atoms with E-state index in [-0.39, 0.29) is 35.5 Å². The summed E-state index contributed by atoms with van der Waals surface area (Å²) in [6.45, 7) is 11.6. The highest BCUT2D eigenvalue weighted by Gasteiger charge is 2.28. The van der Waals surface area contributed by atoms with Gasteiger partial charge in [0.2, 0.25) is 11.8 Å². The molecule has 0 saturated carbocycles. The maximum atomic E-state index is 12.7. The summed E-state index contributed by atoms with van der Waals surface area (Å²) in [6.07, 6.45) is 2.28. The summed E-state index contributed by atoms with van der Waals surface area (Å²) in [7, 11) is 0. The minimum Gasteiger partial charge on any atom is -0.466 e. The molecular weight excluding hydrogens is 444 g/mol. The summed E-state index contributed by atoms with van der Waals surface area (Å²) < 4.78 is 6.85.